The van der Waals surface area contributed by atoms with Crippen LogP contribution in [0.1, 0.15) is 17.9 Å². The predicted octanol–water partition coefficient (Wildman–Crippen LogP) is -2.74. The molecule has 1 aromatic rings. The molecule has 8 nitrogen and oxygen atoms in total. The molecule has 0 saturated carbocycles. The summed E-state index contributed by atoms with van der Waals surface area (Å²) >= 11 is 0. The molecule has 1 N–H and O–H groups in total. The van der Waals surface area contributed by atoms with Crippen molar-refractivity contribution in [1.29, 1.82) is 0 Å². The van der Waals surface area contributed by atoms with Gasteiger partial charge < -0.3 is 15.2 Å². The van der Waals surface area contributed by atoms with E-state index >= 15 is 0 Å². The molecule has 8 heteroatoms. The van der Waals surface area contributed by atoms with Crippen LogP contribution < -0.4 is 21.7 Å². The minimum atomic E-state index is -1.43. The molecule has 0 unspecified atom stereocenters. The number of nitrogens with one attached hydrogen (secondary N) is 1. The SMILES string of the molecule is Cn1c2c(c(=O)n(C)c1=O)[C@@H](CC(=O)[O-])C(=O)N2. The van der Waals surface area contributed by atoms with E-state index in [1.807, 2.05) is 0 Å². The summed E-state index contributed by atoms with van der Waals surface area (Å²) in [6.07, 6.45) is -0.591. The predicted molar refractivity (Wildman–Crippen MR) is 57.9 cm³/mol. The number of rotatable bonds is 2. The standard InChI is InChI=1S/C10H11N3O5/c1-12-7-6(9(17)13(2)10(12)18)4(3-5(14)15)8(16)11-7/h4H,3H2,1-2H3,(H,11,16)(H,14,15)/p-1/t4-/m1/s1. The van der Waals surface area contributed by atoms with Crippen molar-refractivity contribution < 1.29 is 14.7 Å². The van der Waals surface area contributed by atoms with E-state index in [-0.39, 0.29) is 11.4 Å². The van der Waals surface area contributed by atoms with E-state index in [1.54, 1.807) is 0 Å². The van der Waals surface area contributed by atoms with Gasteiger partial charge in [-0.15, -0.1) is 0 Å². The average molecular weight is 252 g/mol. The highest BCUT2D eigenvalue weighted by atomic mass is 16.4. The summed E-state index contributed by atoms with van der Waals surface area (Å²) in [7, 11) is 2.66. The van der Waals surface area contributed by atoms with Gasteiger partial charge in [0.25, 0.3) is 5.56 Å². The average Bonchev–Trinajstić information content (AvgIpc) is 2.61. The summed E-state index contributed by atoms with van der Waals surface area (Å²) in [4.78, 5) is 45.8. The van der Waals surface area contributed by atoms with Gasteiger partial charge in [0.1, 0.15) is 5.82 Å². The largest absolute Gasteiger partial charge is 0.550 e. The summed E-state index contributed by atoms with van der Waals surface area (Å²) in [5, 5.41) is 12.9. The van der Waals surface area contributed by atoms with Crippen LogP contribution in [0.3, 0.4) is 0 Å². The van der Waals surface area contributed by atoms with Gasteiger partial charge in [-0.3, -0.25) is 18.7 Å². The van der Waals surface area contributed by atoms with Gasteiger partial charge in [0, 0.05) is 26.5 Å². The second kappa shape index (κ2) is 3.83. The van der Waals surface area contributed by atoms with Gasteiger partial charge in [0.15, 0.2) is 0 Å². The first kappa shape index (κ1) is 12.1. The molecule has 0 fully saturated rings. The van der Waals surface area contributed by atoms with Crippen LogP contribution >= 0.6 is 0 Å². The normalized spacial score (nSPS) is 17.4. The van der Waals surface area contributed by atoms with Crippen LogP contribution in [0.25, 0.3) is 0 Å². The van der Waals surface area contributed by atoms with Crippen molar-refractivity contribution in [3.05, 3.63) is 26.4 Å². The number of fused-ring (bicyclic) bond motifs is 1. The number of amides is 1. The van der Waals surface area contributed by atoms with Crippen LogP contribution in [0.15, 0.2) is 9.59 Å². The zero-order valence-corrected chi connectivity index (χ0v) is 9.72. The smallest absolute Gasteiger partial charge is 0.332 e. The van der Waals surface area contributed by atoms with E-state index in [0.717, 1.165) is 9.13 Å². The minimum absolute atomic E-state index is 0.00574. The number of anilines is 1. The molecular weight excluding hydrogens is 242 g/mol. The molecule has 0 radical (unpaired) electrons. The monoisotopic (exact) mass is 252 g/mol. The van der Waals surface area contributed by atoms with Crippen LogP contribution in [-0.4, -0.2) is 21.0 Å². The Kier molecular flexibility index (Phi) is 2.57. The van der Waals surface area contributed by atoms with Crippen LogP contribution in [0.5, 0.6) is 0 Å². The summed E-state index contributed by atoms with van der Waals surface area (Å²) < 4.78 is 1.94. The molecule has 0 aliphatic carbocycles. The molecule has 2 rings (SSSR count). The lowest BCUT2D eigenvalue weighted by molar-refractivity contribution is -0.306. The van der Waals surface area contributed by atoms with Crippen LogP contribution in [0, 0.1) is 0 Å². The molecule has 1 amide bonds. The zero-order chi connectivity index (χ0) is 13.6. The van der Waals surface area contributed by atoms with E-state index in [1.165, 1.54) is 14.1 Å². The Morgan fingerprint density at radius 2 is 1.89 bits per heavy atom. The molecular formula is C10H10N3O5-. The summed E-state index contributed by atoms with van der Waals surface area (Å²) in [6.45, 7) is 0. The summed E-state index contributed by atoms with van der Waals surface area (Å²) in [5.41, 5.74) is -1.26. The minimum Gasteiger partial charge on any atom is -0.550 e. The molecule has 1 aliphatic rings. The summed E-state index contributed by atoms with van der Waals surface area (Å²) in [5.74, 6) is -3.11. The van der Waals surface area contributed by atoms with Crippen molar-refractivity contribution in [1.82, 2.24) is 9.13 Å². The van der Waals surface area contributed by atoms with E-state index in [0.29, 0.717) is 0 Å². The molecule has 0 bridgehead atoms. The van der Waals surface area contributed by atoms with E-state index in [4.69, 9.17) is 0 Å². The Bertz CT molecular complexity index is 669. The van der Waals surface area contributed by atoms with Gasteiger partial charge in [0.05, 0.1) is 11.5 Å². The van der Waals surface area contributed by atoms with Crippen molar-refractivity contribution in [2.24, 2.45) is 14.1 Å². The third kappa shape index (κ3) is 1.53. The van der Waals surface area contributed by atoms with Crippen molar-refractivity contribution >= 4 is 17.7 Å². The molecule has 0 spiro atoms. The first-order valence-corrected chi connectivity index (χ1v) is 5.15. The molecule has 0 saturated heterocycles. The van der Waals surface area contributed by atoms with Crippen molar-refractivity contribution in [3.63, 3.8) is 0 Å². The lowest BCUT2D eigenvalue weighted by Gasteiger charge is -2.10. The van der Waals surface area contributed by atoms with Crippen molar-refractivity contribution in [2.45, 2.75) is 12.3 Å². The maximum absolute atomic E-state index is 11.9. The number of carboxylic acid groups (broad SMARTS) is 1. The third-order valence-corrected chi connectivity index (χ3v) is 2.98. The number of carbonyl (C=O) groups excluding carboxylic acids is 2. The van der Waals surface area contributed by atoms with Gasteiger partial charge in [-0.2, -0.15) is 0 Å². The molecule has 0 aromatic carbocycles. The fourth-order valence-corrected chi connectivity index (χ4v) is 2.03. The lowest BCUT2D eigenvalue weighted by atomic mass is 10.00. The number of carboxylic acids is 1. The first-order chi connectivity index (χ1) is 8.34. The Hall–Kier alpha value is -2.38. The number of hydrogen-bond acceptors (Lipinski definition) is 5. The first-order valence-electron chi connectivity index (χ1n) is 5.15. The number of aliphatic carboxylic acids is 1. The van der Waals surface area contributed by atoms with Crippen LogP contribution in [0.4, 0.5) is 5.82 Å². The van der Waals surface area contributed by atoms with E-state index < -0.39 is 35.5 Å². The number of nitrogens with zero attached hydrogens (tertiary/aromatic N) is 2. The van der Waals surface area contributed by atoms with Gasteiger partial charge in [-0.05, 0) is 0 Å². The molecule has 2 heterocycles. The fourth-order valence-electron chi connectivity index (χ4n) is 2.03. The Morgan fingerprint density at radius 3 is 2.44 bits per heavy atom. The summed E-state index contributed by atoms with van der Waals surface area (Å²) in [6, 6.07) is 0. The second-order valence-electron chi connectivity index (χ2n) is 4.09. The Morgan fingerprint density at radius 1 is 1.28 bits per heavy atom. The second-order valence-corrected chi connectivity index (χ2v) is 4.09. The Balaban J connectivity index is 2.73. The number of carbonyl (C=O) groups is 2. The van der Waals surface area contributed by atoms with E-state index in [9.17, 15) is 24.3 Å². The topological polar surface area (TPSA) is 113 Å². The maximum Gasteiger partial charge on any atom is 0.332 e. The van der Waals surface area contributed by atoms with Crippen LogP contribution in [-0.2, 0) is 23.7 Å². The highest BCUT2D eigenvalue weighted by Crippen LogP contribution is 2.30. The number of hydrogen-bond donors (Lipinski definition) is 1. The van der Waals surface area contributed by atoms with Gasteiger partial charge in [-0.25, -0.2) is 4.79 Å². The quantitative estimate of drug-likeness (QED) is 0.613. The molecule has 1 aliphatic heterocycles. The number of aromatic nitrogens is 2. The van der Waals surface area contributed by atoms with Gasteiger partial charge >= 0.3 is 5.69 Å². The molecule has 1 aromatic heterocycles. The maximum atomic E-state index is 11.9. The third-order valence-electron chi connectivity index (χ3n) is 2.98. The molecule has 1 atom stereocenters. The lowest BCUT2D eigenvalue weighted by Crippen LogP contribution is -2.39. The van der Waals surface area contributed by atoms with E-state index in [2.05, 4.69) is 5.32 Å². The van der Waals surface area contributed by atoms with Gasteiger partial charge in [0.2, 0.25) is 5.91 Å². The molecule has 96 valence electrons. The highest BCUT2D eigenvalue weighted by molar-refractivity contribution is 6.03. The fraction of sp³-hybridized carbons (Fsp3) is 0.400. The van der Waals surface area contributed by atoms with Crippen molar-refractivity contribution in [2.75, 3.05) is 5.32 Å². The molecule has 18 heavy (non-hydrogen) atoms. The zero-order valence-electron chi connectivity index (χ0n) is 9.72. The van der Waals surface area contributed by atoms with Crippen molar-refractivity contribution in [3.8, 4) is 0 Å². The Labute approximate surface area is 100 Å². The van der Waals surface area contributed by atoms with Crippen LogP contribution in [0.2, 0.25) is 0 Å². The highest BCUT2D eigenvalue weighted by Gasteiger charge is 2.36. The van der Waals surface area contributed by atoms with Gasteiger partial charge in [-0.1, -0.05) is 0 Å².